The van der Waals surface area contributed by atoms with Crippen LogP contribution in [-0.2, 0) is 19.5 Å². The average molecular weight is 311 g/mol. The molecule has 2 aromatic heterocycles. The molecule has 120 valence electrons. The lowest BCUT2D eigenvalue weighted by Crippen LogP contribution is -2.48. The van der Waals surface area contributed by atoms with Crippen LogP contribution >= 0.6 is 0 Å². The van der Waals surface area contributed by atoms with Gasteiger partial charge in [0.15, 0.2) is 0 Å². The summed E-state index contributed by atoms with van der Waals surface area (Å²) < 4.78 is 1.63. The second kappa shape index (κ2) is 6.12. The Morgan fingerprint density at radius 2 is 1.96 bits per heavy atom. The first-order chi connectivity index (χ1) is 11.3. The Bertz CT molecular complexity index is 734. The molecule has 0 N–H and O–H groups in total. The number of hydrogen-bond acceptors (Lipinski definition) is 5. The quantitative estimate of drug-likeness (QED) is 0.843. The standard InChI is InChI=1S/C17H21N5O/c23-17-15-5-3-4-14(15)12-19-22(17)13-20-8-10-21(11-9-20)16-6-1-2-7-18-16/h1-2,6-7,12H,3-5,8-11,13H2. The lowest BCUT2D eigenvalue weighted by atomic mass is 10.2. The first-order valence-corrected chi connectivity index (χ1v) is 8.27. The van der Waals surface area contributed by atoms with E-state index in [-0.39, 0.29) is 5.56 Å². The molecule has 6 heteroatoms. The average Bonchev–Trinajstić information content (AvgIpc) is 3.08. The van der Waals surface area contributed by atoms with Crippen LogP contribution in [0.4, 0.5) is 5.82 Å². The topological polar surface area (TPSA) is 54.3 Å². The van der Waals surface area contributed by atoms with Crippen molar-refractivity contribution >= 4 is 5.82 Å². The van der Waals surface area contributed by atoms with Gasteiger partial charge in [0.1, 0.15) is 5.82 Å². The van der Waals surface area contributed by atoms with E-state index in [1.165, 1.54) is 0 Å². The van der Waals surface area contributed by atoms with Gasteiger partial charge in [-0.15, -0.1) is 0 Å². The van der Waals surface area contributed by atoms with Crippen molar-refractivity contribution in [3.8, 4) is 0 Å². The van der Waals surface area contributed by atoms with E-state index in [0.29, 0.717) is 6.67 Å². The highest BCUT2D eigenvalue weighted by Crippen LogP contribution is 2.17. The fraction of sp³-hybridized carbons (Fsp3) is 0.471. The first-order valence-electron chi connectivity index (χ1n) is 8.27. The molecular weight excluding hydrogens is 290 g/mol. The van der Waals surface area contributed by atoms with Crippen LogP contribution in [0.15, 0.2) is 35.4 Å². The molecule has 0 bridgehead atoms. The highest BCUT2D eigenvalue weighted by molar-refractivity contribution is 5.38. The van der Waals surface area contributed by atoms with Crippen molar-refractivity contribution in [1.29, 1.82) is 0 Å². The highest BCUT2D eigenvalue weighted by Gasteiger charge is 2.21. The molecule has 1 aliphatic heterocycles. The normalized spacial score (nSPS) is 18.2. The number of anilines is 1. The van der Waals surface area contributed by atoms with Gasteiger partial charge in [-0.2, -0.15) is 5.10 Å². The molecule has 0 amide bonds. The van der Waals surface area contributed by atoms with E-state index in [0.717, 1.165) is 62.4 Å². The number of pyridine rings is 1. The second-order valence-corrected chi connectivity index (χ2v) is 6.24. The van der Waals surface area contributed by atoms with E-state index >= 15 is 0 Å². The number of piperazine rings is 1. The molecule has 1 saturated heterocycles. The van der Waals surface area contributed by atoms with Gasteiger partial charge in [-0.25, -0.2) is 9.67 Å². The molecule has 0 aromatic carbocycles. The minimum absolute atomic E-state index is 0.104. The number of fused-ring (bicyclic) bond motifs is 1. The summed E-state index contributed by atoms with van der Waals surface area (Å²) in [5, 5.41) is 4.36. The summed E-state index contributed by atoms with van der Waals surface area (Å²) >= 11 is 0. The fourth-order valence-corrected chi connectivity index (χ4v) is 3.45. The zero-order chi connectivity index (χ0) is 15.6. The van der Waals surface area contributed by atoms with Gasteiger partial charge in [-0.1, -0.05) is 6.07 Å². The summed E-state index contributed by atoms with van der Waals surface area (Å²) in [4.78, 5) is 21.5. The van der Waals surface area contributed by atoms with Gasteiger partial charge in [-0.3, -0.25) is 9.69 Å². The van der Waals surface area contributed by atoms with Crippen molar-refractivity contribution in [3.05, 3.63) is 52.1 Å². The second-order valence-electron chi connectivity index (χ2n) is 6.24. The van der Waals surface area contributed by atoms with Crippen LogP contribution in [0.2, 0.25) is 0 Å². The van der Waals surface area contributed by atoms with Gasteiger partial charge in [-0.05, 0) is 37.0 Å². The van der Waals surface area contributed by atoms with Gasteiger partial charge in [0.05, 0.1) is 12.9 Å². The van der Waals surface area contributed by atoms with Crippen molar-refractivity contribution in [2.75, 3.05) is 31.1 Å². The molecule has 1 aliphatic carbocycles. The number of aryl methyl sites for hydroxylation is 1. The third kappa shape index (κ3) is 2.86. The van der Waals surface area contributed by atoms with Crippen LogP contribution < -0.4 is 10.5 Å². The monoisotopic (exact) mass is 311 g/mol. The van der Waals surface area contributed by atoms with Gasteiger partial charge >= 0.3 is 0 Å². The van der Waals surface area contributed by atoms with E-state index < -0.39 is 0 Å². The van der Waals surface area contributed by atoms with Crippen LogP contribution in [0, 0.1) is 0 Å². The molecule has 6 nitrogen and oxygen atoms in total. The largest absolute Gasteiger partial charge is 0.354 e. The number of hydrogen-bond donors (Lipinski definition) is 0. The van der Waals surface area contributed by atoms with E-state index in [2.05, 4.69) is 19.9 Å². The maximum Gasteiger partial charge on any atom is 0.271 e. The molecule has 2 aliphatic rings. The summed E-state index contributed by atoms with van der Waals surface area (Å²) in [5.41, 5.74) is 2.23. The van der Waals surface area contributed by atoms with E-state index in [9.17, 15) is 4.79 Å². The van der Waals surface area contributed by atoms with Gasteiger partial charge in [0.25, 0.3) is 5.56 Å². The molecule has 0 radical (unpaired) electrons. The van der Waals surface area contributed by atoms with Crippen LogP contribution in [-0.4, -0.2) is 45.8 Å². The minimum Gasteiger partial charge on any atom is -0.354 e. The molecule has 0 spiro atoms. The summed E-state index contributed by atoms with van der Waals surface area (Å²) in [6, 6.07) is 6.00. The molecule has 2 aromatic rings. The summed E-state index contributed by atoms with van der Waals surface area (Å²) in [6.07, 6.45) is 6.70. The van der Waals surface area contributed by atoms with Crippen LogP contribution in [0.3, 0.4) is 0 Å². The Kier molecular flexibility index (Phi) is 3.83. The van der Waals surface area contributed by atoms with Crippen molar-refractivity contribution in [1.82, 2.24) is 19.7 Å². The van der Waals surface area contributed by atoms with E-state index in [1.54, 1.807) is 4.68 Å². The Morgan fingerprint density at radius 1 is 1.09 bits per heavy atom. The third-order valence-electron chi connectivity index (χ3n) is 4.79. The highest BCUT2D eigenvalue weighted by atomic mass is 16.1. The summed E-state index contributed by atoms with van der Waals surface area (Å²) in [7, 11) is 0. The predicted octanol–water partition coefficient (Wildman–Crippen LogP) is 0.907. The van der Waals surface area contributed by atoms with Crippen molar-refractivity contribution in [2.45, 2.75) is 25.9 Å². The van der Waals surface area contributed by atoms with Crippen LogP contribution in [0.1, 0.15) is 17.5 Å². The maximum atomic E-state index is 12.5. The molecule has 0 unspecified atom stereocenters. The Morgan fingerprint density at radius 3 is 2.74 bits per heavy atom. The van der Waals surface area contributed by atoms with Crippen LogP contribution in [0.5, 0.6) is 0 Å². The molecule has 1 fully saturated rings. The minimum atomic E-state index is 0.104. The van der Waals surface area contributed by atoms with Gasteiger partial charge in [0, 0.05) is 37.9 Å². The maximum absolute atomic E-state index is 12.5. The Hall–Kier alpha value is -2.21. The van der Waals surface area contributed by atoms with Gasteiger partial charge < -0.3 is 4.90 Å². The van der Waals surface area contributed by atoms with E-state index in [1.807, 2.05) is 30.6 Å². The van der Waals surface area contributed by atoms with Crippen LogP contribution in [0.25, 0.3) is 0 Å². The molecule has 23 heavy (non-hydrogen) atoms. The lowest BCUT2D eigenvalue weighted by molar-refractivity contribution is 0.190. The molecule has 4 rings (SSSR count). The summed E-state index contributed by atoms with van der Waals surface area (Å²) in [5.74, 6) is 1.03. The fourth-order valence-electron chi connectivity index (χ4n) is 3.45. The first kappa shape index (κ1) is 14.4. The number of nitrogens with zero attached hydrogens (tertiary/aromatic N) is 5. The predicted molar refractivity (Wildman–Crippen MR) is 88.5 cm³/mol. The zero-order valence-electron chi connectivity index (χ0n) is 13.2. The lowest BCUT2D eigenvalue weighted by Gasteiger charge is -2.35. The molecule has 0 saturated carbocycles. The van der Waals surface area contributed by atoms with Crippen molar-refractivity contribution < 1.29 is 0 Å². The number of aromatic nitrogens is 3. The Balaban J connectivity index is 1.41. The molecule has 3 heterocycles. The summed E-state index contributed by atoms with van der Waals surface area (Å²) in [6.45, 7) is 4.28. The smallest absolute Gasteiger partial charge is 0.271 e. The SMILES string of the molecule is O=c1c2c(cnn1CN1CCN(c3ccccn3)CC1)CCC2. The van der Waals surface area contributed by atoms with Crippen molar-refractivity contribution in [3.63, 3.8) is 0 Å². The van der Waals surface area contributed by atoms with Gasteiger partial charge in [0.2, 0.25) is 0 Å². The molecular formula is C17H21N5O. The van der Waals surface area contributed by atoms with E-state index in [4.69, 9.17) is 0 Å². The zero-order valence-corrected chi connectivity index (χ0v) is 13.2. The Labute approximate surface area is 135 Å². The molecule has 0 atom stereocenters. The van der Waals surface area contributed by atoms with Crippen molar-refractivity contribution in [2.24, 2.45) is 0 Å². The number of rotatable bonds is 3. The third-order valence-corrected chi connectivity index (χ3v) is 4.79.